The van der Waals surface area contributed by atoms with Crippen LogP contribution in [0.3, 0.4) is 0 Å². The summed E-state index contributed by atoms with van der Waals surface area (Å²) in [7, 11) is 1.95. The van der Waals surface area contributed by atoms with E-state index < -0.39 is 12.1 Å². The highest BCUT2D eigenvalue weighted by molar-refractivity contribution is 7.14. The number of amides is 1. The van der Waals surface area contributed by atoms with Crippen molar-refractivity contribution in [3.8, 4) is 0 Å². The Balaban J connectivity index is 1.70. The number of halogens is 1. The van der Waals surface area contributed by atoms with E-state index >= 15 is 0 Å². The molecule has 182 valence electrons. The maximum atomic E-state index is 13.0. The zero-order chi connectivity index (χ0) is 24.7. The van der Waals surface area contributed by atoms with Gasteiger partial charge in [0.25, 0.3) is 0 Å². The SMILES string of the molecule is Cc1ccsc1C(=CCCN(C)C(CC(C)O)C(=O)NCc1ccccc1Cl)c1sccc1C. The van der Waals surface area contributed by atoms with E-state index in [1.807, 2.05) is 36.2 Å². The number of aliphatic hydroxyl groups is 1. The van der Waals surface area contributed by atoms with Gasteiger partial charge < -0.3 is 10.4 Å². The Labute approximate surface area is 215 Å². The van der Waals surface area contributed by atoms with Gasteiger partial charge in [0.1, 0.15) is 0 Å². The van der Waals surface area contributed by atoms with Crippen LogP contribution in [0.5, 0.6) is 0 Å². The van der Waals surface area contributed by atoms with Crippen molar-refractivity contribution in [1.29, 1.82) is 0 Å². The molecule has 0 radical (unpaired) electrons. The normalized spacial score (nSPS) is 13.0. The van der Waals surface area contributed by atoms with Crippen molar-refractivity contribution < 1.29 is 9.90 Å². The summed E-state index contributed by atoms with van der Waals surface area (Å²) in [5, 5.41) is 17.9. The molecule has 0 aliphatic rings. The number of thiophene rings is 2. The summed E-state index contributed by atoms with van der Waals surface area (Å²) < 4.78 is 0. The number of likely N-dealkylation sites (N-methyl/N-ethyl adjacent to an activating group) is 1. The van der Waals surface area contributed by atoms with Crippen LogP contribution in [-0.4, -0.2) is 41.7 Å². The molecule has 3 aromatic rings. The van der Waals surface area contributed by atoms with E-state index in [1.54, 1.807) is 29.6 Å². The smallest absolute Gasteiger partial charge is 0.237 e. The van der Waals surface area contributed by atoms with Gasteiger partial charge in [0.05, 0.1) is 12.1 Å². The zero-order valence-corrected chi connectivity index (χ0v) is 22.6. The van der Waals surface area contributed by atoms with E-state index in [1.165, 1.54) is 26.5 Å². The first-order valence-electron chi connectivity index (χ1n) is 11.5. The number of aliphatic hydroxyl groups excluding tert-OH is 1. The maximum Gasteiger partial charge on any atom is 0.237 e. The number of hydrogen-bond acceptors (Lipinski definition) is 5. The van der Waals surface area contributed by atoms with Gasteiger partial charge in [-0.25, -0.2) is 0 Å². The van der Waals surface area contributed by atoms with Gasteiger partial charge in [-0.1, -0.05) is 35.9 Å². The van der Waals surface area contributed by atoms with Crippen LogP contribution in [0.1, 0.15) is 46.2 Å². The molecule has 4 nitrogen and oxygen atoms in total. The van der Waals surface area contributed by atoms with Gasteiger partial charge in [0, 0.05) is 33.4 Å². The molecule has 34 heavy (non-hydrogen) atoms. The van der Waals surface area contributed by atoms with Gasteiger partial charge in [0.2, 0.25) is 5.91 Å². The van der Waals surface area contributed by atoms with Crippen molar-refractivity contribution in [2.45, 2.75) is 52.3 Å². The number of nitrogens with zero attached hydrogens (tertiary/aromatic N) is 1. The largest absolute Gasteiger partial charge is 0.393 e. The van der Waals surface area contributed by atoms with E-state index in [-0.39, 0.29) is 5.91 Å². The lowest BCUT2D eigenvalue weighted by Crippen LogP contribution is -2.46. The molecule has 0 bridgehead atoms. The molecule has 2 atom stereocenters. The molecule has 1 aromatic carbocycles. The highest BCUT2D eigenvalue weighted by Gasteiger charge is 2.24. The lowest BCUT2D eigenvalue weighted by atomic mass is 10.0. The van der Waals surface area contributed by atoms with Crippen molar-refractivity contribution in [1.82, 2.24) is 10.2 Å². The molecule has 0 fully saturated rings. The Morgan fingerprint density at radius 2 is 1.74 bits per heavy atom. The molecular formula is C27H33ClN2O2S2. The van der Waals surface area contributed by atoms with E-state index in [4.69, 9.17) is 11.6 Å². The number of carbonyl (C=O) groups excluding carboxylic acids is 1. The first kappa shape index (κ1) is 26.6. The molecule has 1 amide bonds. The molecule has 0 aliphatic carbocycles. The number of aryl methyl sites for hydroxylation is 2. The fourth-order valence-electron chi connectivity index (χ4n) is 3.91. The molecule has 0 saturated carbocycles. The third-order valence-corrected chi connectivity index (χ3v) is 8.32. The molecule has 2 unspecified atom stereocenters. The molecule has 7 heteroatoms. The summed E-state index contributed by atoms with van der Waals surface area (Å²) in [5.41, 5.74) is 4.71. The van der Waals surface area contributed by atoms with Gasteiger partial charge in [-0.15, -0.1) is 22.7 Å². The Kier molecular flexibility index (Phi) is 9.92. The second-order valence-electron chi connectivity index (χ2n) is 8.66. The fraction of sp³-hybridized carbons (Fsp3) is 0.370. The molecule has 2 N–H and O–H groups in total. The lowest BCUT2D eigenvalue weighted by molar-refractivity contribution is -0.127. The quantitative estimate of drug-likeness (QED) is 0.315. The summed E-state index contributed by atoms with van der Waals surface area (Å²) in [6.07, 6.45) is 2.88. The summed E-state index contributed by atoms with van der Waals surface area (Å²) in [6, 6.07) is 11.4. The zero-order valence-electron chi connectivity index (χ0n) is 20.2. The summed E-state index contributed by atoms with van der Waals surface area (Å²) in [5.74, 6) is -0.101. The van der Waals surface area contributed by atoms with E-state index in [9.17, 15) is 9.90 Å². The van der Waals surface area contributed by atoms with Crippen LogP contribution in [0.15, 0.2) is 53.2 Å². The highest BCUT2D eigenvalue weighted by Crippen LogP contribution is 2.35. The number of rotatable bonds is 11. The third kappa shape index (κ3) is 7.03. The average molecular weight is 517 g/mol. The standard InChI is InChI=1S/C27H33ClN2O2S2/c1-18-11-14-33-25(18)22(26-19(2)12-15-34-26)9-7-13-30(4)24(16-20(3)31)27(32)29-17-21-8-5-6-10-23(21)28/h5-6,8-12,14-15,20,24,31H,7,13,16-17H2,1-4H3,(H,29,32). The average Bonchev–Trinajstić information content (AvgIpc) is 3.42. The second-order valence-corrected chi connectivity index (χ2v) is 10.9. The topological polar surface area (TPSA) is 52.6 Å². The lowest BCUT2D eigenvalue weighted by Gasteiger charge is -2.28. The van der Waals surface area contributed by atoms with Gasteiger partial charge in [-0.05, 0) is 86.3 Å². The van der Waals surface area contributed by atoms with Crippen molar-refractivity contribution >= 4 is 45.8 Å². The van der Waals surface area contributed by atoms with Crippen LogP contribution >= 0.6 is 34.3 Å². The van der Waals surface area contributed by atoms with E-state index in [0.717, 1.165) is 12.0 Å². The minimum absolute atomic E-state index is 0.101. The number of benzene rings is 1. The minimum Gasteiger partial charge on any atom is -0.393 e. The second kappa shape index (κ2) is 12.7. The van der Waals surface area contributed by atoms with Crippen molar-refractivity contribution in [2.75, 3.05) is 13.6 Å². The van der Waals surface area contributed by atoms with Crippen LogP contribution in [-0.2, 0) is 11.3 Å². The number of carbonyl (C=O) groups is 1. The van der Waals surface area contributed by atoms with Crippen LogP contribution < -0.4 is 5.32 Å². The van der Waals surface area contributed by atoms with Crippen LogP contribution in [0.4, 0.5) is 0 Å². The first-order chi connectivity index (χ1) is 16.3. The predicted octanol–water partition coefficient (Wildman–Crippen LogP) is 6.29. The van der Waals surface area contributed by atoms with Crippen molar-refractivity contribution in [2.24, 2.45) is 0 Å². The van der Waals surface area contributed by atoms with E-state index in [2.05, 4.69) is 48.1 Å². The van der Waals surface area contributed by atoms with Crippen molar-refractivity contribution in [3.05, 3.63) is 84.7 Å². The maximum absolute atomic E-state index is 13.0. The monoisotopic (exact) mass is 516 g/mol. The Bertz CT molecular complexity index is 1080. The predicted molar refractivity (Wildman–Crippen MR) is 146 cm³/mol. The summed E-state index contributed by atoms with van der Waals surface area (Å²) in [6.45, 7) is 7.09. The number of hydrogen-bond donors (Lipinski definition) is 2. The van der Waals surface area contributed by atoms with Gasteiger partial charge in [-0.3, -0.25) is 9.69 Å². The van der Waals surface area contributed by atoms with Gasteiger partial charge in [0.15, 0.2) is 0 Å². The van der Waals surface area contributed by atoms with Gasteiger partial charge >= 0.3 is 0 Å². The Morgan fingerprint density at radius 3 is 2.26 bits per heavy atom. The minimum atomic E-state index is -0.577. The molecule has 0 spiro atoms. The van der Waals surface area contributed by atoms with E-state index in [0.29, 0.717) is 24.5 Å². The molecule has 0 aliphatic heterocycles. The Hall–Kier alpha value is -1.96. The van der Waals surface area contributed by atoms with Crippen molar-refractivity contribution in [3.63, 3.8) is 0 Å². The Morgan fingerprint density at radius 1 is 1.12 bits per heavy atom. The molecule has 2 heterocycles. The van der Waals surface area contributed by atoms with Crippen LogP contribution in [0.25, 0.3) is 5.57 Å². The summed E-state index contributed by atoms with van der Waals surface area (Å²) in [4.78, 5) is 17.7. The first-order valence-corrected chi connectivity index (χ1v) is 13.6. The summed E-state index contributed by atoms with van der Waals surface area (Å²) >= 11 is 9.76. The van der Waals surface area contributed by atoms with Gasteiger partial charge in [-0.2, -0.15) is 0 Å². The molecule has 3 rings (SSSR count). The number of nitrogens with one attached hydrogen (secondary N) is 1. The highest BCUT2D eigenvalue weighted by atomic mass is 35.5. The van der Waals surface area contributed by atoms with Crippen LogP contribution in [0.2, 0.25) is 5.02 Å². The molecule has 0 saturated heterocycles. The fourth-order valence-corrected chi connectivity index (χ4v) is 6.12. The molecule has 2 aromatic heterocycles. The van der Waals surface area contributed by atoms with Crippen LogP contribution in [0, 0.1) is 13.8 Å². The molecular weight excluding hydrogens is 484 g/mol. The third-order valence-electron chi connectivity index (χ3n) is 5.85.